The zero-order valence-corrected chi connectivity index (χ0v) is 15.2. The minimum absolute atomic E-state index is 0.200. The number of fused-ring (bicyclic) bond motifs is 1. The summed E-state index contributed by atoms with van der Waals surface area (Å²) < 4.78 is 5.65. The number of carbonyl (C=O) groups excluding carboxylic acids is 2. The zero-order valence-electron chi connectivity index (χ0n) is 14.5. The molecule has 8 heteroatoms. The molecule has 0 spiro atoms. The van der Waals surface area contributed by atoms with E-state index in [1.165, 1.54) is 4.90 Å². The van der Waals surface area contributed by atoms with Gasteiger partial charge in [-0.1, -0.05) is 24.6 Å². The quantitative estimate of drug-likeness (QED) is 0.857. The van der Waals surface area contributed by atoms with Gasteiger partial charge in [0.15, 0.2) is 17.7 Å². The monoisotopic (exact) mass is 374 g/mol. The van der Waals surface area contributed by atoms with E-state index >= 15 is 0 Å². The second kappa shape index (κ2) is 7.21. The van der Waals surface area contributed by atoms with Crippen LogP contribution in [0.5, 0.6) is 5.75 Å². The van der Waals surface area contributed by atoms with Gasteiger partial charge in [-0.3, -0.25) is 14.5 Å². The van der Waals surface area contributed by atoms with Crippen molar-refractivity contribution in [2.24, 2.45) is 0 Å². The highest BCUT2D eigenvalue weighted by Crippen LogP contribution is 2.33. The number of nitrogens with two attached hydrogens (primary N) is 1. The second-order valence-corrected chi connectivity index (χ2v) is 6.44. The molecule has 7 nitrogen and oxygen atoms in total. The van der Waals surface area contributed by atoms with E-state index in [4.69, 9.17) is 22.1 Å². The van der Waals surface area contributed by atoms with E-state index < -0.39 is 6.10 Å². The molecule has 1 aliphatic rings. The van der Waals surface area contributed by atoms with E-state index in [0.29, 0.717) is 22.9 Å². The molecule has 2 aromatic rings. The summed E-state index contributed by atoms with van der Waals surface area (Å²) in [5.74, 6) is 0.230. The molecule has 2 amide bonds. The molecular formula is C18H19ClN4O3. The SMILES string of the molecule is CCC1Oc2ccc(N)nc2N(CC(=O)Nc2cc(Cl)ccc2C)C1=O. The van der Waals surface area contributed by atoms with Crippen molar-refractivity contribution in [3.8, 4) is 5.75 Å². The number of amides is 2. The Bertz CT molecular complexity index is 872. The van der Waals surface area contributed by atoms with Gasteiger partial charge in [0, 0.05) is 10.7 Å². The highest BCUT2D eigenvalue weighted by Gasteiger charge is 2.35. The van der Waals surface area contributed by atoms with Crippen molar-refractivity contribution in [2.45, 2.75) is 26.4 Å². The summed E-state index contributed by atoms with van der Waals surface area (Å²) in [6.45, 7) is 3.50. The Morgan fingerprint density at radius 1 is 1.38 bits per heavy atom. The number of nitrogen functional groups attached to an aromatic ring is 1. The molecule has 0 saturated heterocycles. The minimum atomic E-state index is -0.659. The van der Waals surface area contributed by atoms with Crippen molar-refractivity contribution in [1.29, 1.82) is 0 Å². The lowest BCUT2D eigenvalue weighted by atomic mass is 10.2. The molecule has 0 aliphatic carbocycles. The smallest absolute Gasteiger partial charge is 0.269 e. The van der Waals surface area contributed by atoms with Gasteiger partial charge in [-0.25, -0.2) is 4.98 Å². The lowest BCUT2D eigenvalue weighted by molar-refractivity contribution is -0.128. The van der Waals surface area contributed by atoms with E-state index in [-0.39, 0.29) is 30.0 Å². The van der Waals surface area contributed by atoms with Crippen LogP contribution in [0.1, 0.15) is 18.9 Å². The van der Waals surface area contributed by atoms with E-state index in [0.717, 1.165) is 5.56 Å². The van der Waals surface area contributed by atoms with Crippen LogP contribution < -0.4 is 20.7 Å². The van der Waals surface area contributed by atoms with E-state index in [1.54, 1.807) is 24.3 Å². The fourth-order valence-electron chi connectivity index (χ4n) is 2.69. The number of nitrogens with zero attached hydrogens (tertiary/aromatic N) is 2. The summed E-state index contributed by atoms with van der Waals surface area (Å²) in [5.41, 5.74) is 7.19. The predicted molar refractivity (Wildman–Crippen MR) is 101 cm³/mol. The molecule has 0 fully saturated rings. The van der Waals surface area contributed by atoms with Gasteiger partial charge in [-0.05, 0) is 43.2 Å². The van der Waals surface area contributed by atoms with Gasteiger partial charge in [0.1, 0.15) is 12.4 Å². The predicted octanol–water partition coefficient (Wildman–Crippen LogP) is 2.77. The summed E-state index contributed by atoms with van der Waals surface area (Å²) in [6.07, 6.45) is -0.178. The van der Waals surface area contributed by atoms with Crippen LogP contribution in [-0.4, -0.2) is 29.4 Å². The maximum atomic E-state index is 12.7. The molecule has 3 N–H and O–H groups in total. The number of anilines is 3. The first-order chi connectivity index (χ1) is 12.4. The topological polar surface area (TPSA) is 97.6 Å². The number of pyridine rings is 1. The molecule has 1 atom stereocenters. The van der Waals surface area contributed by atoms with Gasteiger partial charge in [0.2, 0.25) is 5.91 Å². The van der Waals surface area contributed by atoms with Gasteiger partial charge in [-0.15, -0.1) is 0 Å². The molecule has 2 heterocycles. The Hall–Kier alpha value is -2.80. The summed E-state index contributed by atoms with van der Waals surface area (Å²) >= 11 is 5.98. The largest absolute Gasteiger partial charge is 0.477 e. The summed E-state index contributed by atoms with van der Waals surface area (Å²) in [4.78, 5) is 30.7. The molecule has 1 aromatic carbocycles. The number of benzene rings is 1. The number of nitrogens with one attached hydrogen (secondary N) is 1. The van der Waals surface area contributed by atoms with Gasteiger partial charge in [0.25, 0.3) is 5.91 Å². The number of rotatable bonds is 4. The van der Waals surface area contributed by atoms with Gasteiger partial charge < -0.3 is 15.8 Å². The molecule has 1 aliphatic heterocycles. The van der Waals surface area contributed by atoms with Crippen LogP contribution in [0.4, 0.5) is 17.3 Å². The number of aryl methyl sites for hydroxylation is 1. The Balaban J connectivity index is 1.85. The van der Waals surface area contributed by atoms with Crippen LogP contribution in [0.15, 0.2) is 30.3 Å². The maximum Gasteiger partial charge on any atom is 0.269 e. The number of ether oxygens (including phenoxy) is 1. The van der Waals surface area contributed by atoms with Crippen molar-refractivity contribution in [3.05, 3.63) is 40.9 Å². The van der Waals surface area contributed by atoms with Crippen molar-refractivity contribution in [2.75, 3.05) is 22.5 Å². The summed E-state index contributed by atoms with van der Waals surface area (Å²) in [5, 5.41) is 3.29. The number of halogens is 1. The van der Waals surface area contributed by atoms with Gasteiger partial charge >= 0.3 is 0 Å². The van der Waals surface area contributed by atoms with Crippen molar-refractivity contribution in [1.82, 2.24) is 4.98 Å². The van der Waals surface area contributed by atoms with Crippen LogP contribution in [-0.2, 0) is 9.59 Å². The molecule has 0 saturated carbocycles. The van der Waals surface area contributed by atoms with Crippen LogP contribution in [0, 0.1) is 6.92 Å². The molecule has 136 valence electrons. The Morgan fingerprint density at radius 3 is 2.88 bits per heavy atom. The van der Waals surface area contributed by atoms with E-state index in [9.17, 15) is 9.59 Å². The molecule has 1 aromatic heterocycles. The first-order valence-corrected chi connectivity index (χ1v) is 8.57. The second-order valence-electron chi connectivity index (χ2n) is 6.00. The fourth-order valence-corrected chi connectivity index (χ4v) is 2.86. The van der Waals surface area contributed by atoms with Crippen LogP contribution in [0.2, 0.25) is 5.02 Å². The zero-order chi connectivity index (χ0) is 18.8. The van der Waals surface area contributed by atoms with E-state index in [2.05, 4.69) is 10.3 Å². The number of aromatic nitrogens is 1. The average Bonchev–Trinajstić information content (AvgIpc) is 2.60. The molecule has 3 rings (SSSR count). The first kappa shape index (κ1) is 18.0. The molecular weight excluding hydrogens is 356 g/mol. The fraction of sp³-hybridized carbons (Fsp3) is 0.278. The lowest BCUT2D eigenvalue weighted by Gasteiger charge is -2.32. The van der Waals surface area contributed by atoms with Crippen molar-refractivity contribution < 1.29 is 14.3 Å². The number of hydrogen-bond donors (Lipinski definition) is 2. The van der Waals surface area contributed by atoms with Gasteiger partial charge in [0.05, 0.1) is 0 Å². The van der Waals surface area contributed by atoms with Crippen LogP contribution in [0.3, 0.4) is 0 Å². The third-order valence-corrected chi connectivity index (χ3v) is 4.31. The first-order valence-electron chi connectivity index (χ1n) is 8.19. The minimum Gasteiger partial charge on any atom is -0.477 e. The molecule has 0 bridgehead atoms. The number of hydrogen-bond acceptors (Lipinski definition) is 5. The number of carbonyl (C=O) groups is 2. The molecule has 1 unspecified atom stereocenters. The summed E-state index contributed by atoms with van der Waals surface area (Å²) in [6, 6.07) is 8.46. The van der Waals surface area contributed by atoms with Crippen LogP contribution >= 0.6 is 11.6 Å². The standard InChI is InChI=1S/C18H19ClN4O3/c1-3-13-18(25)23(17-14(26-13)6-7-15(20)22-17)9-16(24)21-12-8-11(19)5-4-10(12)2/h4-8,13H,3,9H2,1-2H3,(H2,20,22)(H,21,24). The maximum absolute atomic E-state index is 12.7. The highest BCUT2D eigenvalue weighted by molar-refractivity contribution is 6.31. The highest BCUT2D eigenvalue weighted by atomic mass is 35.5. The summed E-state index contributed by atoms with van der Waals surface area (Å²) in [7, 11) is 0. The Kier molecular flexibility index (Phi) is 4.99. The third kappa shape index (κ3) is 3.57. The molecule has 0 radical (unpaired) electrons. The Labute approximate surface area is 156 Å². The lowest BCUT2D eigenvalue weighted by Crippen LogP contribution is -2.49. The Morgan fingerprint density at radius 2 is 2.15 bits per heavy atom. The average molecular weight is 375 g/mol. The van der Waals surface area contributed by atoms with Gasteiger partial charge in [-0.2, -0.15) is 0 Å². The van der Waals surface area contributed by atoms with Crippen LogP contribution in [0.25, 0.3) is 0 Å². The normalized spacial score (nSPS) is 16.0. The molecule has 26 heavy (non-hydrogen) atoms. The van der Waals surface area contributed by atoms with Crippen molar-refractivity contribution in [3.63, 3.8) is 0 Å². The van der Waals surface area contributed by atoms with E-state index in [1.807, 2.05) is 19.9 Å². The third-order valence-electron chi connectivity index (χ3n) is 4.07. The van der Waals surface area contributed by atoms with Crippen molar-refractivity contribution >= 4 is 40.7 Å².